The lowest BCUT2D eigenvalue weighted by Crippen LogP contribution is -2.60. The third-order valence-electron chi connectivity index (χ3n) is 6.94. The minimum atomic E-state index is -0.711. The van der Waals surface area contributed by atoms with Gasteiger partial charge in [0.1, 0.15) is 35.3 Å². The standard InChI is InChI=1S/C27H25F2N5O3/c28-23-3-1-4-24(29)22(23)14-32-18-31-34(26(32)35)19-5-7-20(8-6-19)37-21-9-11-30-25(13-21)33-15-27(16-33)10-2-12-36-17-27/h1,3-9,11,13,18H,2,10,12,14-17H2. The van der Waals surface area contributed by atoms with Crippen molar-refractivity contribution in [1.29, 1.82) is 0 Å². The zero-order chi connectivity index (χ0) is 25.4. The quantitative estimate of drug-likeness (QED) is 0.392. The number of hydrogen-bond acceptors (Lipinski definition) is 6. The van der Waals surface area contributed by atoms with Gasteiger partial charge < -0.3 is 14.4 Å². The van der Waals surface area contributed by atoms with Crippen LogP contribution in [0.2, 0.25) is 0 Å². The van der Waals surface area contributed by atoms with Crippen LogP contribution in [0.4, 0.5) is 14.6 Å². The topological polar surface area (TPSA) is 74.4 Å². The third-order valence-corrected chi connectivity index (χ3v) is 6.94. The maximum Gasteiger partial charge on any atom is 0.350 e. The molecule has 1 spiro atoms. The van der Waals surface area contributed by atoms with Crippen LogP contribution in [-0.4, -0.2) is 45.6 Å². The molecule has 2 aliphatic rings. The predicted molar refractivity (Wildman–Crippen MR) is 132 cm³/mol. The summed E-state index contributed by atoms with van der Waals surface area (Å²) in [6.45, 7) is 3.28. The summed E-state index contributed by atoms with van der Waals surface area (Å²) in [5.74, 6) is 0.692. The summed E-state index contributed by atoms with van der Waals surface area (Å²) >= 11 is 0. The Morgan fingerprint density at radius 3 is 2.54 bits per heavy atom. The van der Waals surface area contributed by atoms with E-state index in [1.165, 1.54) is 23.5 Å². The van der Waals surface area contributed by atoms with Gasteiger partial charge in [0.05, 0.1) is 18.8 Å². The Morgan fingerprint density at radius 2 is 1.81 bits per heavy atom. The normalized spacial score (nSPS) is 16.5. The number of halogens is 2. The predicted octanol–water partition coefficient (Wildman–Crippen LogP) is 4.16. The van der Waals surface area contributed by atoms with E-state index in [9.17, 15) is 13.6 Å². The van der Waals surface area contributed by atoms with Crippen LogP contribution < -0.4 is 15.3 Å². The maximum atomic E-state index is 14.0. The van der Waals surface area contributed by atoms with Crippen molar-refractivity contribution in [3.05, 3.63) is 94.8 Å². The maximum absolute atomic E-state index is 14.0. The lowest BCUT2D eigenvalue weighted by atomic mass is 9.75. The highest BCUT2D eigenvalue weighted by Crippen LogP contribution is 2.40. The molecule has 2 aromatic carbocycles. The van der Waals surface area contributed by atoms with Crippen LogP contribution in [0.3, 0.4) is 0 Å². The Bertz CT molecular complexity index is 1450. The van der Waals surface area contributed by atoms with Gasteiger partial charge in [-0.25, -0.2) is 18.6 Å². The molecule has 0 aliphatic carbocycles. The first kappa shape index (κ1) is 23.4. The summed E-state index contributed by atoms with van der Waals surface area (Å²) in [7, 11) is 0. The molecule has 0 bridgehead atoms. The van der Waals surface area contributed by atoms with E-state index in [0.717, 1.165) is 55.2 Å². The lowest BCUT2D eigenvalue weighted by Gasteiger charge is -2.52. The molecule has 6 rings (SSSR count). The molecule has 190 valence electrons. The molecule has 10 heteroatoms. The minimum Gasteiger partial charge on any atom is -0.457 e. The fourth-order valence-corrected chi connectivity index (χ4v) is 4.99. The SMILES string of the molecule is O=c1n(Cc2c(F)cccc2F)cnn1-c1ccc(Oc2ccnc(N3CC4(CCCOC4)C3)c2)cc1. The lowest BCUT2D eigenvalue weighted by molar-refractivity contribution is -0.0237. The number of ether oxygens (including phenoxy) is 2. The molecule has 37 heavy (non-hydrogen) atoms. The summed E-state index contributed by atoms with van der Waals surface area (Å²) in [5.41, 5.74) is 0.0539. The summed E-state index contributed by atoms with van der Waals surface area (Å²) in [6, 6.07) is 14.2. The fourth-order valence-electron chi connectivity index (χ4n) is 4.99. The number of benzene rings is 2. The second-order valence-corrected chi connectivity index (χ2v) is 9.61. The first-order chi connectivity index (χ1) is 18.0. The van der Waals surface area contributed by atoms with Crippen LogP contribution in [0.5, 0.6) is 11.5 Å². The molecule has 0 unspecified atom stereocenters. The van der Waals surface area contributed by atoms with Crippen LogP contribution in [0.25, 0.3) is 5.69 Å². The number of hydrogen-bond donors (Lipinski definition) is 0. The molecule has 0 saturated carbocycles. The molecule has 2 aromatic heterocycles. The van der Waals surface area contributed by atoms with Gasteiger partial charge in [0.15, 0.2) is 0 Å². The Kier molecular flexibility index (Phi) is 5.96. The molecule has 0 N–H and O–H groups in total. The van der Waals surface area contributed by atoms with Gasteiger partial charge in [0, 0.05) is 42.9 Å². The van der Waals surface area contributed by atoms with Crippen molar-refractivity contribution in [3.8, 4) is 17.2 Å². The molecular weight excluding hydrogens is 480 g/mol. The van der Waals surface area contributed by atoms with E-state index >= 15 is 0 Å². The van der Waals surface area contributed by atoms with Crippen molar-refractivity contribution >= 4 is 5.82 Å². The van der Waals surface area contributed by atoms with Crippen molar-refractivity contribution in [1.82, 2.24) is 19.3 Å². The second kappa shape index (κ2) is 9.44. The average Bonchev–Trinajstić information content (AvgIpc) is 3.26. The minimum absolute atomic E-state index is 0.190. The van der Waals surface area contributed by atoms with E-state index in [2.05, 4.69) is 15.0 Å². The summed E-state index contributed by atoms with van der Waals surface area (Å²) in [6.07, 6.45) is 5.28. The van der Waals surface area contributed by atoms with Crippen molar-refractivity contribution in [3.63, 3.8) is 0 Å². The number of pyridine rings is 1. The Hall–Kier alpha value is -4.05. The van der Waals surface area contributed by atoms with Crippen LogP contribution in [-0.2, 0) is 11.3 Å². The van der Waals surface area contributed by atoms with E-state index in [1.54, 1.807) is 36.5 Å². The summed E-state index contributed by atoms with van der Waals surface area (Å²) in [5, 5.41) is 4.10. The Morgan fingerprint density at radius 1 is 1.03 bits per heavy atom. The van der Waals surface area contributed by atoms with Gasteiger partial charge in [-0.2, -0.15) is 9.78 Å². The van der Waals surface area contributed by atoms with Crippen molar-refractivity contribution < 1.29 is 18.3 Å². The van der Waals surface area contributed by atoms with E-state index in [0.29, 0.717) is 17.2 Å². The number of aromatic nitrogens is 4. The van der Waals surface area contributed by atoms with Crippen molar-refractivity contribution in [2.45, 2.75) is 19.4 Å². The number of nitrogens with zero attached hydrogens (tertiary/aromatic N) is 5. The monoisotopic (exact) mass is 505 g/mol. The zero-order valence-electron chi connectivity index (χ0n) is 20.0. The highest BCUT2D eigenvalue weighted by Gasteiger charge is 2.44. The van der Waals surface area contributed by atoms with E-state index in [-0.39, 0.29) is 17.5 Å². The molecule has 2 fully saturated rings. The molecular formula is C27H25F2N5O3. The van der Waals surface area contributed by atoms with Gasteiger partial charge >= 0.3 is 5.69 Å². The van der Waals surface area contributed by atoms with Crippen molar-refractivity contribution in [2.75, 3.05) is 31.2 Å². The van der Waals surface area contributed by atoms with E-state index in [1.807, 2.05) is 6.07 Å². The van der Waals surface area contributed by atoms with Crippen LogP contribution in [0.15, 0.2) is 71.9 Å². The number of anilines is 1. The van der Waals surface area contributed by atoms with E-state index in [4.69, 9.17) is 9.47 Å². The van der Waals surface area contributed by atoms with Crippen molar-refractivity contribution in [2.24, 2.45) is 5.41 Å². The first-order valence-corrected chi connectivity index (χ1v) is 12.1. The molecule has 8 nitrogen and oxygen atoms in total. The summed E-state index contributed by atoms with van der Waals surface area (Å²) < 4.78 is 42.0. The van der Waals surface area contributed by atoms with Gasteiger partial charge in [-0.3, -0.25) is 4.57 Å². The highest BCUT2D eigenvalue weighted by molar-refractivity contribution is 5.48. The van der Waals surface area contributed by atoms with E-state index < -0.39 is 17.3 Å². The summed E-state index contributed by atoms with van der Waals surface area (Å²) in [4.78, 5) is 19.5. The van der Waals surface area contributed by atoms with Gasteiger partial charge in [0.25, 0.3) is 0 Å². The Labute approximate surface area is 211 Å². The van der Waals surface area contributed by atoms with Gasteiger partial charge in [-0.15, -0.1) is 0 Å². The Balaban J connectivity index is 1.13. The average molecular weight is 506 g/mol. The molecule has 0 amide bonds. The molecule has 4 heterocycles. The van der Waals surface area contributed by atoms with Gasteiger partial charge in [0.2, 0.25) is 0 Å². The molecule has 2 aliphatic heterocycles. The second-order valence-electron chi connectivity index (χ2n) is 9.61. The van der Waals surface area contributed by atoms with Crippen LogP contribution in [0.1, 0.15) is 18.4 Å². The van der Waals surface area contributed by atoms with Gasteiger partial charge in [-0.05, 0) is 55.3 Å². The zero-order valence-corrected chi connectivity index (χ0v) is 20.0. The molecule has 4 aromatic rings. The van der Waals surface area contributed by atoms with Crippen LogP contribution in [0, 0.1) is 17.0 Å². The molecule has 0 atom stereocenters. The number of rotatable bonds is 6. The van der Waals surface area contributed by atoms with Crippen LogP contribution >= 0.6 is 0 Å². The van der Waals surface area contributed by atoms with Gasteiger partial charge in [-0.1, -0.05) is 6.07 Å². The molecule has 2 saturated heterocycles. The largest absolute Gasteiger partial charge is 0.457 e. The fraction of sp³-hybridized carbons (Fsp3) is 0.296. The smallest absolute Gasteiger partial charge is 0.350 e. The molecule has 0 radical (unpaired) electrons. The third kappa shape index (κ3) is 4.60. The first-order valence-electron chi connectivity index (χ1n) is 12.1. The highest BCUT2D eigenvalue weighted by atomic mass is 19.1.